The van der Waals surface area contributed by atoms with Crippen molar-refractivity contribution in [1.82, 2.24) is 0 Å². The molecule has 4 aromatic rings. The number of carbonyl (C=O) groups is 1. The molecule has 1 N–H and O–H groups in total. The fourth-order valence-electron chi connectivity index (χ4n) is 3.83. The molecule has 0 fully saturated rings. The van der Waals surface area contributed by atoms with Gasteiger partial charge in [-0.15, -0.1) is 0 Å². The molecule has 186 valence electrons. The Morgan fingerprint density at radius 3 is 2.51 bits per heavy atom. The Morgan fingerprint density at radius 1 is 1.03 bits per heavy atom. The molecule has 0 aliphatic heterocycles. The Kier molecular flexibility index (Phi) is 8.29. The molecule has 0 spiro atoms. The first-order valence-corrected chi connectivity index (χ1v) is 12.0. The first-order valence-electron chi connectivity index (χ1n) is 11.7. The molecule has 4 aromatic carbocycles. The average Bonchev–Trinajstić information content (AvgIpc) is 2.92. The summed E-state index contributed by atoms with van der Waals surface area (Å²) >= 11 is 6.59. The van der Waals surface area contributed by atoms with Gasteiger partial charge in [-0.3, -0.25) is 4.79 Å². The summed E-state index contributed by atoms with van der Waals surface area (Å²) in [6.07, 6.45) is 1.46. The summed E-state index contributed by atoms with van der Waals surface area (Å²) in [7, 11) is 1.56. The molecule has 1 amide bonds. The van der Waals surface area contributed by atoms with Crippen molar-refractivity contribution >= 4 is 40.0 Å². The predicted molar refractivity (Wildman–Crippen MR) is 146 cm³/mol. The quantitative estimate of drug-likeness (QED) is 0.192. The molecular weight excluding hydrogens is 488 g/mol. The van der Waals surface area contributed by atoms with E-state index in [0.29, 0.717) is 46.7 Å². The summed E-state index contributed by atoms with van der Waals surface area (Å²) in [4.78, 5) is 12.7. The van der Waals surface area contributed by atoms with E-state index < -0.39 is 5.91 Å². The Bertz CT molecular complexity index is 1480. The summed E-state index contributed by atoms with van der Waals surface area (Å²) < 4.78 is 17.0. The maximum absolute atomic E-state index is 12.7. The van der Waals surface area contributed by atoms with Crippen molar-refractivity contribution in [2.75, 3.05) is 19.0 Å². The zero-order chi connectivity index (χ0) is 26.2. The zero-order valence-electron chi connectivity index (χ0n) is 20.5. The van der Waals surface area contributed by atoms with Crippen molar-refractivity contribution in [2.24, 2.45) is 0 Å². The number of nitrogens with one attached hydrogen (secondary N) is 1. The molecule has 0 saturated carbocycles. The number of carbonyl (C=O) groups excluding carboxylic acids is 1. The molecule has 0 atom stereocenters. The summed E-state index contributed by atoms with van der Waals surface area (Å²) in [6, 6.07) is 26.2. The summed E-state index contributed by atoms with van der Waals surface area (Å²) in [6.45, 7) is 2.54. The van der Waals surface area contributed by atoms with Gasteiger partial charge in [0.05, 0.1) is 18.7 Å². The molecule has 0 radical (unpaired) electrons. The van der Waals surface area contributed by atoms with Crippen molar-refractivity contribution in [3.05, 3.63) is 101 Å². The lowest BCUT2D eigenvalue weighted by molar-refractivity contribution is -0.112. The van der Waals surface area contributed by atoms with Gasteiger partial charge in [-0.05, 0) is 71.3 Å². The minimum atomic E-state index is -0.543. The van der Waals surface area contributed by atoms with E-state index >= 15 is 0 Å². The minimum absolute atomic E-state index is 0.0845. The van der Waals surface area contributed by atoms with Crippen LogP contribution in [0.4, 0.5) is 5.69 Å². The molecule has 0 aliphatic carbocycles. The molecule has 4 rings (SSSR count). The standard InChI is InChI=1S/C30H25ClN2O4/c1-3-36-28-17-20(15-23(18-32)30(34)33-24-11-13-25(35-2)14-12-24)16-27(31)29(28)37-19-22-9-6-8-21-7-4-5-10-26(21)22/h4-17H,3,19H2,1-2H3,(H,33,34)/b23-15+. The monoisotopic (exact) mass is 512 g/mol. The van der Waals surface area contributed by atoms with Gasteiger partial charge in [0.15, 0.2) is 11.5 Å². The topological polar surface area (TPSA) is 80.6 Å². The molecule has 0 heterocycles. The van der Waals surface area contributed by atoms with Crippen LogP contribution in [0.1, 0.15) is 18.1 Å². The maximum atomic E-state index is 12.7. The molecule has 0 unspecified atom stereocenters. The first kappa shape index (κ1) is 25.6. The summed E-state index contributed by atoms with van der Waals surface area (Å²) in [5, 5.41) is 14.9. The lowest BCUT2D eigenvalue weighted by Gasteiger charge is -2.15. The van der Waals surface area contributed by atoms with E-state index in [4.69, 9.17) is 25.8 Å². The number of methoxy groups -OCH3 is 1. The molecular formula is C30H25ClN2O4. The van der Waals surface area contributed by atoms with Gasteiger partial charge in [-0.2, -0.15) is 5.26 Å². The summed E-state index contributed by atoms with van der Waals surface area (Å²) in [5.74, 6) is 0.942. The van der Waals surface area contributed by atoms with Crippen LogP contribution in [0.3, 0.4) is 0 Å². The largest absolute Gasteiger partial charge is 0.497 e. The zero-order valence-corrected chi connectivity index (χ0v) is 21.2. The van der Waals surface area contributed by atoms with E-state index in [1.54, 1.807) is 43.5 Å². The highest BCUT2D eigenvalue weighted by molar-refractivity contribution is 6.32. The number of amides is 1. The lowest BCUT2D eigenvalue weighted by atomic mass is 10.1. The van der Waals surface area contributed by atoms with Crippen LogP contribution < -0.4 is 19.5 Å². The Labute approximate surface area is 220 Å². The van der Waals surface area contributed by atoms with Crippen molar-refractivity contribution < 1.29 is 19.0 Å². The number of nitriles is 1. The van der Waals surface area contributed by atoms with Gasteiger partial charge in [0.2, 0.25) is 0 Å². The number of hydrogen-bond acceptors (Lipinski definition) is 5. The Balaban J connectivity index is 1.57. The molecule has 6 nitrogen and oxygen atoms in total. The van der Waals surface area contributed by atoms with Crippen LogP contribution in [0.2, 0.25) is 5.02 Å². The van der Waals surface area contributed by atoms with Crippen LogP contribution in [0.25, 0.3) is 16.8 Å². The molecule has 0 saturated heterocycles. The van der Waals surface area contributed by atoms with Crippen LogP contribution in [0, 0.1) is 11.3 Å². The van der Waals surface area contributed by atoms with E-state index in [-0.39, 0.29) is 5.57 Å². The number of hydrogen-bond donors (Lipinski definition) is 1. The number of anilines is 1. The maximum Gasteiger partial charge on any atom is 0.266 e. The molecule has 0 bridgehead atoms. The highest BCUT2D eigenvalue weighted by Gasteiger charge is 2.15. The van der Waals surface area contributed by atoms with Gasteiger partial charge in [-0.1, -0.05) is 54.1 Å². The minimum Gasteiger partial charge on any atom is -0.497 e. The van der Waals surface area contributed by atoms with E-state index in [1.165, 1.54) is 6.08 Å². The third-order valence-corrected chi connectivity index (χ3v) is 5.89. The average molecular weight is 513 g/mol. The first-order chi connectivity index (χ1) is 18.0. The van der Waals surface area contributed by atoms with Crippen molar-refractivity contribution in [3.63, 3.8) is 0 Å². The van der Waals surface area contributed by atoms with Crippen LogP contribution in [-0.4, -0.2) is 19.6 Å². The number of rotatable bonds is 9. The van der Waals surface area contributed by atoms with Crippen LogP contribution in [0.5, 0.6) is 17.2 Å². The fraction of sp³-hybridized carbons (Fsp3) is 0.133. The molecule has 0 aliphatic rings. The highest BCUT2D eigenvalue weighted by Crippen LogP contribution is 2.38. The van der Waals surface area contributed by atoms with Crippen molar-refractivity contribution in [3.8, 4) is 23.3 Å². The Hall–Kier alpha value is -4.47. The fourth-order valence-corrected chi connectivity index (χ4v) is 4.10. The van der Waals surface area contributed by atoms with Gasteiger partial charge in [0.25, 0.3) is 5.91 Å². The number of halogens is 1. The van der Waals surface area contributed by atoms with E-state index in [2.05, 4.69) is 17.4 Å². The van der Waals surface area contributed by atoms with Crippen LogP contribution >= 0.6 is 11.6 Å². The third kappa shape index (κ3) is 6.21. The summed E-state index contributed by atoms with van der Waals surface area (Å²) in [5.41, 5.74) is 2.01. The number of ether oxygens (including phenoxy) is 3. The number of fused-ring (bicyclic) bond motifs is 1. The molecule has 0 aromatic heterocycles. The predicted octanol–water partition coefficient (Wildman–Crippen LogP) is 7.03. The smallest absolute Gasteiger partial charge is 0.266 e. The van der Waals surface area contributed by atoms with Crippen molar-refractivity contribution in [1.29, 1.82) is 5.26 Å². The third-order valence-electron chi connectivity index (χ3n) is 5.61. The van der Waals surface area contributed by atoms with E-state index in [1.807, 2.05) is 43.3 Å². The number of nitrogens with zero attached hydrogens (tertiary/aromatic N) is 1. The normalized spacial score (nSPS) is 11.0. The van der Waals surface area contributed by atoms with Crippen LogP contribution in [-0.2, 0) is 11.4 Å². The van der Waals surface area contributed by atoms with Gasteiger partial charge >= 0.3 is 0 Å². The highest BCUT2D eigenvalue weighted by atomic mass is 35.5. The van der Waals surface area contributed by atoms with Crippen LogP contribution in [0.15, 0.2) is 84.4 Å². The number of benzene rings is 4. The van der Waals surface area contributed by atoms with Gasteiger partial charge in [0, 0.05) is 5.69 Å². The molecule has 7 heteroatoms. The van der Waals surface area contributed by atoms with E-state index in [0.717, 1.165) is 16.3 Å². The second-order valence-electron chi connectivity index (χ2n) is 8.04. The van der Waals surface area contributed by atoms with Crippen molar-refractivity contribution in [2.45, 2.75) is 13.5 Å². The lowest BCUT2D eigenvalue weighted by Crippen LogP contribution is -2.13. The second kappa shape index (κ2) is 12.0. The second-order valence-corrected chi connectivity index (χ2v) is 8.45. The van der Waals surface area contributed by atoms with E-state index in [9.17, 15) is 10.1 Å². The van der Waals surface area contributed by atoms with Gasteiger partial charge < -0.3 is 19.5 Å². The van der Waals surface area contributed by atoms with Gasteiger partial charge in [-0.25, -0.2) is 0 Å². The SMILES string of the molecule is CCOc1cc(/C=C(\C#N)C(=O)Nc2ccc(OC)cc2)cc(Cl)c1OCc1cccc2ccccc12. The molecule has 37 heavy (non-hydrogen) atoms. The Morgan fingerprint density at radius 2 is 1.78 bits per heavy atom. The van der Waals surface area contributed by atoms with Gasteiger partial charge in [0.1, 0.15) is 24.0 Å².